The summed E-state index contributed by atoms with van der Waals surface area (Å²) >= 11 is 0. The molecular formula is C20H27N3O7S2. The first-order valence-corrected chi connectivity index (χ1v) is 14.0. The van der Waals surface area contributed by atoms with Crippen LogP contribution in [0.25, 0.3) is 0 Å². The number of para-hydroxylation sites is 2. The highest BCUT2D eigenvalue weighted by molar-refractivity contribution is 7.95. The molecule has 2 fully saturated rings. The van der Waals surface area contributed by atoms with Gasteiger partial charge in [-0.25, -0.2) is 16.8 Å². The van der Waals surface area contributed by atoms with Crippen molar-refractivity contribution in [1.82, 2.24) is 9.21 Å². The number of amides is 2. The quantitative estimate of drug-likeness (QED) is 0.569. The lowest BCUT2D eigenvalue weighted by Crippen LogP contribution is -2.53. The van der Waals surface area contributed by atoms with E-state index in [0.717, 1.165) is 0 Å². The molecule has 2 unspecified atom stereocenters. The molecule has 0 spiro atoms. The van der Waals surface area contributed by atoms with Crippen LogP contribution in [0.5, 0.6) is 5.75 Å². The molecule has 3 aliphatic heterocycles. The zero-order valence-corrected chi connectivity index (χ0v) is 19.5. The van der Waals surface area contributed by atoms with Crippen molar-refractivity contribution in [1.29, 1.82) is 0 Å². The summed E-state index contributed by atoms with van der Waals surface area (Å²) in [6.45, 7) is 2.63. The topological polar surface area (TPSA) is 121 Å². The minimum Gasteiger partial charge on any atom is -0.479 e. The number of sulfonamides is 1. The first-order valence-electron chi connectivity index (χ1n) is 10.6. The van der Waals surface area contributed by atoms with Gasteiger partial charge < -0.3 is 14.5 Å². The molecule has 0 bridgehead atoms. The first kappa shape index (κ1) is 23.0. The van der Waals surface area contributed by atoms with Gasteiger partial charge in [0.1, 0.15) is 5.75 Å². The monoisotopic (exact) mass is 485 g/mol. The molecule has 12 heteroatoms. The van der Waals surface area contributed by atoms with Crippen molar-refractivity contribution >= 4 is 37.4 Å². The molecule has 1 aromatic carbocycles. The molecule has 3 heterocycles. The highest BCUT2D eigenvalue weighted by atomic mass is 32.2. The fourth-order valence-electron chi connectivity index (χ4n) is 4.35. The molecule has 1 aromatic rings. The zero-order chi connectivity index (χ0) is 23.1. The summed E-state index contributed by atoms with van der Waals surface area (Å²) in [7, 11) is -7.01. The van der Waals surface area contributed by atoms with Crippen LogP contribution in [0.2, 0.25) is 0 Å². The summed E-state index contributed by atoms with van der Waals surface area (Å²) in [4.78, 5) is 28.5. The van der Waals surface area contributed by atoms with E-state index in [-0.39, 0.29) is 68.9 Å². The van der Waals surface area contributed by atoms with Gasteiger partial charge in [-0.05, 0) is 25.5 Å². The number of hydrogen-bond acceptors (Lipinski definition) is 7. The van der Waals surface area contributed by atoms with Crippen LogP contribution in [-0.4, -0.2) is 93.4 Å². The summed E-state index contributed by atoms with van der Waals surface area (Å²) in [6, 6.07) is 7.17. The molecule has 3 aliphatic rings. The first-order chi connectivity index (χ1) is 15.1. The zero-order valence-electron chi connectivity index (χ0n) is 17.8. The van der Waals surface area contributed by atoms with Crippen LogP contribution in [0.4, 0.5) is 5.69 Å². The molecule has 2 saturated heterocycles. The van der Waals surface area contributed by atoms with Crippen LogP contribution >= 0.6 is 0 Å². The molecule has 0 saturated carbocycles. The predicted octanol–water partition coefficient (Wildman–Crippen LogP) is -0.148. The van der Waals surface area contributed by atoms with Gasteiger partial charge in [-0.1, -0.05) is 12.1 Å². The SMILES string of the molecule is CC1Oc2ccccc2N(CCC(=O)N2CCN(S(=O)(=O)C3CCS(=O)(=O)C3)CC2)C1=O. The maximum atomic E-state index is 12.8. The highest BCUT2D eigenvalue weighted by Gasteiger charge is 2.41. The van der Waals surface area contributed by atoms with Crippen LogP contribution < -0.4 is 9.64 Å². The second-order valence-electron chi connectivity index (χ2n) is 8.32. The smallest absolute Gasteiger partial charge is 0.267 e. The fraction of sp³-hybridized carbons (Fsp3) is 0.600. The number of carbonyl (C=O) groups is 2. The molecule has 0 aliphatic carbocycles. The number of hydrogen-bond donors (Lipinski definition) is 0. The van der Waals surface area contributed by atoms with Crippen molar-refractivity contribution in [2.75, 3.05) is 49.1 Å². The van der Waals surface area contributed by atoms with Gasteiger partial charge in [-0.2, -0.15) is 4.31 Å². The Kier molecular flexibility index (Phi) is 6.21. The number of piperazine rings is 1. The summed E-state index contributed by atoms with van der Waals surface area (Å²) in [5.41, 5.74) is 0.630. The Morgan fingerprint density at radius 1 is 1.16 bits per heavy atom. The number of ether oxygens (including phenoxy) is 1. The molecule has 32 heavy (non-hydrogen) atoms. The number of benzene rings is 1. The molecule has 176 valence electrons. The van der Waals surface area contributed by atoms with E-state index in [0.29, 0.717) is 11.4 Å². The molecule has 2 amide bonds. The molecular weight excluding hydrogens is 458 g/mol. The van der Waals surface area contributed by atoms with Gasteiger partial charge in [0, 0.05) is 39.1 Å². The van der Waals surface area contributed by atoms with Crippen LogP contribution in [0.15, 0.2) is 24.3 Å². The van der Waals surface area contributed by atoms with E-state index in [2.05, 4.69) is 0 Å². The molecule has 0 N–H and O–H groups in total. The fourth-order valence-corrected chi connectivity index (χ4v) is 8.87. The van der Waals surface area contributed by atoms with E-state index in [4.69, 9.17) is 4.74 Å². The minimum atomic E-state index is -3.71. The summed E-state index contributed by atoms with van der Waals surface area (Å²) in [5, 5.41) is -0.899. The van der Waals surface area contributed by atoms with E-state index in [1.54, 1.807) is 34.9 Å². The number of rotatable bonds is 5. The van der Waals surface area contributed by atoms with E-state index in [1.807, 2.05) is 6.07 Å². The van der Waals surface area contributed by atoms with Crippen molar-refractivity contribution in [3.05, 3.63) is 24.3 Å². The number of sulfone groups is 1. The van der Waals surface area contributed by atoms with Crippen LogP contribution in [-0.2, 0) is 29.4 Å². The second-order valence-corrected chi connectivity index (χ2v) is 12.8. The maximum Gasteiger partial charge on any atom is 0.267 e. The Hall–Kier alpha value is -2.18. The van der Waals surface area contributed by atoms with Crippen LogP contribution in [0.3, 0.4) is 0 Å². The summed E-state index contributed by atoms with van der Waals surface area (Å²) in [6.07, 6.45) is -0.398. The third-order valence-corrected chi connectivity index (χ3v) is 10.5. The highest BCUT2D eigenvalue weighted by Crippen LogP contribution is 2.33. The number of anilines is 1. The van der Waals surface area contributed by atoms with Crippen molar-refractivity contribution in [2.45, 2.75) is 31.1 Å². The van der Waals surface area contributed by atoms with Gasteiger partial charge >= 0.3 is 0 Å². The van der Waals surface area contributed by atoms with Gasteiger partial charge in [-0.3, -0.25) is 9.59 Å². The van der Waals surface area contributed by atoms with Crippen LogP contribution in [0, 0.1) is 0 Å². The van der Waals surface area contributed by atoms with Gasteiger partial charge in [-0.15, -0.1) is 0 Å². The lowest BCUT2D eigenvalue weighted by molar-refractivity contribution is -0.132. The average Bonchev–Trinajstić information content (AvgIpc) is 3.14. The lowest BCUT2D eigenvalue weighted by Gasteiger charge is -2.36. The Labute approximate surface area is 188 Å². The normalized spacial score (nSPS) is 26.0. The van der Waals surface area contributed by atoms with Crippen molar-refractivity contribution in [3.8, 4) is 5.75 Å². The Balaban J connectivity index is 1.33. The van der Waals surface area contributed by atoms with Gasteiger partial charge in [0.05, 0.1) is 22.4 Å². The van der Waals surface area contributed by atoms with Gasteiger partial charge in [0.25, 0.3) is 5.91 Å². The third kappa shape index (κ3) is 4.48. The molecule has 10 nitrogen and oxygen atoms in total. The number of carbonyl (C=O) groups excluding carboxylic acids is 2. The summed E-state index contributed by atoms with van der Waals surface area (Å²) in [5.74, 6) is -0.201. The Morgan fingerprint density at radius 2 is 1.84 bits per heavy atom. The van der Waals surface area contributed by atoms with Gasteiger partial charge in [0.2, 0.25) is 15.9 Å². The Morgan fingerprint density at radius 3 is 2.50 bits per heavy atom. The van der Waals surface area contributed by atoms with Crippen molar-refractivity contribution in [2.24, 2.45) is 0 Å². The van der Waals surface area contributed by atoms with E-state index in [1.165, 1.54) is 4.31 Å². The molecule has 0 aromatic heterocycles. The van der Waals surface area contributed by atoms with E-state index < -0.39 is 31.2 Å². The number of nitrogens with zero attached hydrogens (tertiary/aromatic N) is 3. The number of fused-ring (bicyclic) bond motifs is 1. The van der Waals surface area contributed by atoms with Crippen molar-refractivity contribution < 1.29 is 31.2 Å². The minimum absolute atomic E-state index is 0.0998. The standard InChI is InChI=1S/C20H27N3O7S2/c1-15-20(25)23(17-4-2-3-5-18(17)30-15)8-6-19(24)21-9-11-22(12-10-21)32(28,29)16-7-13-31(26,27)14-16/h2-5,15-16H,6-14H2,1H3. The van der Waals surface area contributed by atoms with Crippen molar-refractivity contribution in [3.63, 3.8) is 0 Å². The Bertz CT molecular complexity index is 1110. The third-order valence-electron chi connectivity index (χ3n) is 6.19. The average molecular weight is 486 g/mol. The van der Waals surface area contributed by atoms with Crippen LogP contribution in [0.1, 0.15) is 19.8 Å². The van der Waals surface area contributed by atoms with E-state index in [9.17, 15) is 26.4 Å². The lowest BCUT2D eigenvalue weighted by atomic mass is 10.1. The molecule has 0 radical (unpaired) electrons. The predicted molar refractivity (Wildman–Crippen MR) is 118 cm³/mol. The largest absolute Gasteiger partial charge is 0.479 e. The second kappa shape index (κ2) is 8.64. The summed E-state index contributed by atoms with van der Waals surface area (Å²) < 4.78 is 55.8. The van der Waals surface area contributed by atoms with E-state index >= 15 is 0 Å². The molecule has 2 atom stereocenters. The maximum absolute atomic E-state index is 12.8. The van der Waals surface area contributed by atoms with Gasteiger partial charge in [0.15, 0.2) is 15.9 Å². The molecule has 4 rings (SSSR count).